The number of fused-ring (bicyclic) bond motifs is 1. The first kappa shape index (κ1) is 20.3. The average Bonchev–Trinajstić information content (AvgIpc) is 3.04. The van der Waals surface area contributed by atoms with Crippen molar-refractivity contribution in [1.29, 1.82) is 0 Å². The molecule has 0 saturated carbocycles. The van der Waals surface area contributed by atoms with Gasteiger partial charge in [0.2, 0.25) is 5.91 Å². The minimum Gasteiger partial charge on any atom is -0.497 e. The van der Waals surface area contributed by atoms with Crippen LogP contribution in [0.4, 0.5) is 5.00 Å². The molecule has 1 aliphatic carbocycles. The molecule has 0 fully saturated rings. The molecule has 28 heavy (non-hydrogen) atoms. The van der Waals surface area contributed by atoms with Gasteiger partial charge in [0, 0.05) is 11.3 Å². The first-order valence-corrected chi connectivity index (χ1v) is 11.4. The Morgan fingerprint density at radius 1 is 1.18 bits per heavy atom. The summed E-state index contributed by atoms with van der Waals surface area (Å²) < 4.78 is 29.9. The van der Waals surface area contributed by atoms with Gasteiger partial charge in [0.05, 0.1) is 23.3 Å². The fourth-order valence-corrected chi connectivity index (χ4v) is 5.78. The second kappa shape index (κ2) is 8.32. The van der Waals surface area contributed by atoms with E-state index in [1.54, 1.807) is 12.1 Å². The number of carbonyl (C=O) groups is 2. The molecule has 0 unspecified atom stereocenters. The number of amides is 2. The van der Waals surface area contributed by atoms with Crippen molar-refractivity contribution in [2.75, 3.05) is 18.2 Å². The van der Waals surface area contributed by atoms with E-state index >= 15 is 0 Å². The number of hydrogen-bond donors (Lipinski definition) is 2. The number of carbonyl (C=O) groups excluding carboxylic acids is 2. The highest BCUT2D eigenvalue weighted by Gasteiger charge is 2.25. The molecule has 0 radical (unpaired) electrons. The van der Waals surface area contributed by atoms with Gasteiger partial charge < -0.3 is 15.8 Å². The fraction of sp³-hybridized carbons (Fsp3) is 0.368. The van der Waals surface area contributed by atoms with E-state index in [1.165, 1.54) is 30.6 Å². The molecule has 1 aromatic heterocycles. The number of nitrogens with one attached hydrogen (secondary N) is 1. The zero-order chi connectivity index (χ0) is 20.3. The van der Waals surface area contributed by atoms with Crippen LogP contribution in [-0.4, -0.2) is 33.1 Å². The number of anilines is 1. The fourth-order valence-electron chi connectivity index (χ4n) is 3.23. The minimum absolute atomic E-state index is 0.130. The van der Waals surface area contributed by atoms with Crippen LogP contribution in [0, 0.1) is 0 Å². The Morgan fingerprint density at radius 3 is 2.50 bits per heavy atom. The van der Waals surface area contributed by atoms with Gasteiger partial charge in [-0.2, -0.15) is 0 Å². The van der Waals surface area contributed by atoms with Gasteiger partial charge in [0.25, 0.3) is 5.91 Å². The lowest BCUT2D eigenvalue weighted by Gasteiger charge is -2.11. The summed E-state index contributed by atoms with van der Waals surface area (Å²) in [7, 11) is -2.11. The summed E-state index contributed by atoms with van der Waals surface area (Å²) in [6, 6.07) is 6.01. The summed E-state index contributed by atoms with van der Waals surface area (Å²) in [4.78, 5) is 25.4. The van der Waals surface area contributed by atoms with Gasteiger partial charge in [-0.05, 0) is 55.5 Å². The maximum atomic E-state index is 12.4. The SMILES string of the molecule is COc1ccc(S(=O)(=O)CCC(=O)Nc2sc3c(c2C(N)=O)CCCC3)cc1. The number of methoxy groups -OCH3 is 1. The zero-order valence-corrected chi connectivity index (χ0v) is 17.1. The van der Waals surface area contributed by atoms with Crippen molar-refractivity contribution in [2.45, 2.75) is 37.0 Å². The Labute approximate surface area is 167 Å². The van der Waals surface area contributed by atoms with Crippen molar-refractivity contribution < 1.29 is 22.7 Å². The van der Waals surface area contributed by atoms with Gasteiger partial charge in [0.1, 0.15) is 10.8 Å². The van der Waals surface area contributed by atoms with Crippen molar-refractivity contribution in [3.63, 3.8) is 0 Å². The Kier molecular flexibility index (Phi) is 6.04. The second-order valence-electron chi connectivity index (χ2n) is 6.57. The molecule has 1 aliphatic rings. The molecule has 2 amide bonds. The highest BCUT2D eigenvalue weighted by Crippen LogP contribution is 2.37. The lowest BCUT2D eigenvalue weighted by molar-refractivity contribution is -0.115. The molecule has 0 bridgehead atoms. The molecular formula is C19H22N2O5S2. The molecule has 150 valence electrons. The van der Waals surface area contributed by atoms with E-state index in [9.17, 15) is 18.0 Å². The first-order chi connectivity index (χ1) is 13.3. The van der Waals surface area contributed by atoms with Gasteiger partial charge in [-0.25, -0.2) is 8.42 Å². The molecule has 0 spiro atoms. The molecule has 0 aliphatic heterocycles. The van der Waals surface area contributed by atoms with Gasteiger partial charge in [-0.3, -0.25) is 9.59 Å². The molecule has 0 saturated heterocycles. The quantitative estimate of drug-likeness (QED) is 0.711. The van der Waals surface area contributed by atoms with Gasteiger partial charge >= 0.3 is 0 Å². The van der Waals surface area contributed by atoms with Crippen LogP contribution in [0.5, 0.6) is 5.75 Å². The van der Waals surface area contributed by atoms with Crippen LogP contribution < -0.4 is 15.8 Å². The van der Waals surface area contributed by atoms with Crippen molar-refractivity contribution in [3.8, 4) is 5.75 Å². The van der Waals surface area contributed by atoms with Crippen LogP contribution in [0.3, 0.4) is 0 Å². The van der Waals surface area contributed by atoms with Crippen LogP contribution in [0.1, 0.15) is 40.1 Å². The van der Waals surface area contributed by atoms with E-state index < -0.39 is 21.7 Å². The third kappa shape index (κ3) is 4.36. The highest BCUT2D eigenvalue weighted by atomic mass is 32.2. The van der Waals surface area contributed by atoms with Crippen LogP contribution in [0.25, 0.3) is 0 Å². The number of thiophene rings is 1. The topological polar surface area (TPSA) is 116 Å². The zero-order valence-electron chi connectivity index (χ0n) is 15.5. The standard InChI is InChI=1S/C19H22N2O5S2/c1-26-12-6-8-13(9-7-12)28(24,25)11-10-16(22)21-19-17(18(20)23)14-4-2-3-5-15(14)27-19/h6-9H,2-5,10-11H2,1H3,(H2,20,23)(H,21,22). The normalized spacial score (nSPS) is 13.6. The van der Waals surface area contributed by atoms with Crippen LogP contribution >= 0.6 is 11.3 Å². The maximum absolute atomic E-state index is 12.4. The van der Waals surface area contributed by atoms with Crippen LogP contribution in [0.2, 0.25) is 0 Å². The average molecular weight is 423 g/mol. The van der Waals surface area contributed by atoms with E-state index in [1.807, 2.05) is 0 Å². The summed E-state index contributed by atoms with van der Waals surface area (Å²) in [5.74, 6) is -0.807. The second-order valence-corrected chi connectivity index (χ2v) is 9.79. The van der Waals surface area contributed by atoms with Crippen molar-refractivity contribution in [1.82, 2.24) is 0 Å². The van der Waals surface area contributed by atoms with Gasteiger partial charge in [-0.15, -0.1) is 11.3 Å². The lowest BCUT2D eigenvalue weighted by atomic mass is 9.95. The number of rotatable bonds is 7. The number of benzene rings is 1. The van der Waals surface area contributed by atoms with E-state index in [0.717, 1.165) is 36.1 Å². The van der Waals surface area contributed by atoms with Crippen molar-refractivity contribution in [3.05, 3.63) is 40.3 Å². The molecule has 7 nitrogen and oxygen atoms in total. The third-order valence-electron chi connectivity index (χ3n) is 4.69. The first-order valence-electron chi connectivity index (χ1n) is 8.93. The molecule has 2 aromatic rings. The summed E-state index contributed by atoms with van der Waals surface area (Å²) in [5, 5.41) is 3.11. The lowest BCUT2D eigenvalue weighted by Crippen LogP contribution is -2.20. The molecular weight excluding hydrogens is 400 g/mol. The van der Waals surface area contributed by atoms with E-state index in [2.05, 4.69) is 5.32 Å². The predicted octanol–water partition coefficient (Wildman–Crippen LogP) is 2.54. The summed E-state index contributed by atoms with van der Waals surface area (Å²) >= 11 is 1.36. The van der Waals surface area contributed by atoms with Crippen molar-refractivity contribution in [2.24, 2.45) is 5.73 Å². The number of primary amides is 1. The number of sulfone groups is 1. The molecule has 9 heteroatoms. The smallest absolute Gasteiger partial charge is 0.251 e. The van der Waals surface area contributed by atoms with Crippen LogP contribution in [0.15, 0.2) is 29.2 Å². The summed E-state index contributed by atoms with van der Waals surface area (Å²) in [5.41, 5.74) is 6.80. The molecule has 0 atom stereocenters. The Bertz CT molecular complexity index is 994. The highest BCUT2D eigenvalue weighted by molar-refractivity contribution is 7.91. The molecule has 1 heterocycles. The Hall–Kier alpha value is -2.39. The van der Waals surface area contributed by atoms with E-state index in [0.29, 0.717) is 16.3 Å². The Morgan fingerprint density at radius 2 is 1.86 bits per heavy atom. The van der Waals surface area contributed by atoms with Gasteiger partial charge in [-0.1, -0.05) is 0 Å². The summed E-state index contributed by atoms with van der Waals surface area (Å²) in [6.45, 7) is 0. The summed E-state index contributed by atoms with van der Waals surface area (Å²) in [6.07, 6.45) is 3.44. The third-order valence-corrected chi connectivity index (χ3v) is 7.63. The number of ether oxygens (including phenoxy) is 1. The Balaban J connectivity index is 1.69. The largest absolute Gasteiger partial charge is 0.497 e. The molecule has 3 rings (SSSR count). The molecule has 3 N–H and O–H groups in total. The van der Waals surface area contributed by atoms with E-state index in [-0.39, 0.29) is 17.1 Å². The monoisotopic (exact) mass is 422 g/mol. The predicted molar refractivity (Wildman–Crippen MR) is 108 cm³/mol. The maximum Gasteiger partial charge on any atom is 0.251 e. The van der Waals surface area contributed by atoms with Crippen molar-refractivity contribution >= 4 is 38.0 Å². The molecule has 1 aromatic carbocycles. The van der Waals surface area contributed by atoms with Crippen LogP contribution in [-0.2, 0) is 27.5 Å². The minimum atomic E-state index is -3.61. The van der Waals surface area contributed by atoms with Gasteiger partial charge in [0.15, 0.2) is 9.84 Å². The van der Waals surface area contributed by atoms with E-state index in [4.69, 9.17) is 10.5 Å². The number of hydrogen-bond acceptors (Lipinski definition) is 6. The number of nitrogens with two attached hydrogens (primary N) is 1. The number of aryl methyl sites for hydroxylation is 1.